The Bertz CT molecular complexity index is 1150. The van der Waals surface area contributed by atoms with E-state index in [0.717, 1.165) is 20.1 Å². The number of carbonyl (C=O) groups excluding carboxylic acids is 2. The van der Waals surface area contributed by atoms with Crippen LogP contribution < -0.4 is 15.5 Å². The second-order valence-corrected chi connectivity index (χ2v) is 9.67. The lowest BCUT2D eigenvalue weighted by atomic mass is 10.0. The van der Waals surface area contributed by atoms with Gasteiger partial charge in [0.25, 0.3) is 11.8 Å². The molecule has 0 aliphatic heterocycles. The van der Waals surface area contributed by atoms with Gasteiger partial charge < -0.3 is 10.1 Å². The van der Waals surface area contributed by atoms with Gasteiger partial charge in [-0.2, -0.15) is 5.10 Å². The van der Waals surface area contributed by atoms with E-state index in [1.807, 2.05) is 62.4 Å². The first kappa shape index (κ1) is 25.6. The fourth-order valence-corrected chi connectivity index (χ4v) is 3.82. The highest BCUT2D eigenvalue weighted by Crippen LogP contribution is 2.26. The zero-order valence-corrected chi connectivity index (χ0v) is 22.0. The second-order valence-electron chi connectivity index (χ2n) is 7.90. The number of hydrogen-bond acceptors (Lipinski definition) is 4. The summed E-state index contributed by atoms with van der Waals surface area (Å²) in [5.41, 5.74) is 4.85. The predicted molar refractivity (Wildman–Crippen MR) is 141 cm³/mol. The predicted octanol–water partition coefficient (Wildman–Crippen LogP) is 5.70. The SMILES string of the molecule is CC(C)C(NC(=O)c1ccccc1)C(=O)N/N=C/c1ccc(OCc2ccc(Br)cc2)c(Br)c1. The number of amides is 2. The van der Waals surface area contributed by atoms with E-state index in [-0.39, 0.29) is 17.7 Å². The van der Waals surface area contributed by atoms with Crippen molar-refractivity contribution in [3.8, 4) is 5.75 Å². The molecule has 2 amide bonds. The van der Waals surface area contributed by atoms with Crippen LogP contribution in [0.25, 0.3) is 0 Å². The molecule has 2 N–H and O–H groups in total. The lowest BCUT2D eigenvalue weighted by molar-refractivity contribution is -0.123. The largest absolute Gasteiger partial charge is 0.488 e. The minimum Gasteiger partial charge on any atom is -0.488 e. The first-order valence-electron chi connectivity index (χ1n) is 10.7. The van der Waals surface area contributed by atoms with Crippen molar-refractivity contribution in [3.63, 3.8) is 0 Å². The molecule has 0 saturated heterocycles. The number of carbonyl (C=O) groups is 2. The third kappa shape index (κ3) is 7.53. The van der Waals surface area contributed by atoms with Gasteiger partial charge in [-0.05, 0) is 75.4 Å². The molecule has 0 radical (unpaired) electrons. The number of hydrazone groups is 1. The molecule has 0 fully saturated rings. The second kappa shape index (κ2) is 12.5. The van der Waals surface area contributed by atoms with Crippen molar-refractivity contribution in [2.24, 2.45) is 11.0 Å². The lowest BCUT2D eigenvalue weighted by Crippen LogP contribution is -2.48. The minimum absolute atomic E-state index is 0.112. The number of hydrogen-bond donors (Lipinski definition) is 2. The maximum Gasteiger partial charge on any atom is 0.262 e. The molecule has 6 nitrogen and oxygen atoms in total. The Balaban J connectivity index is 1.56. The molecule has 34 heavy (non-hydrogen) atoms. The molecule has 0 aromatic heterocycles. The molecule has 0 aliphatic carbocycles. The van der Waals surface area contributed by atoms with Crippen LogP contribution in [0.1, 0.15) is 35.3 Å². The van der Waals surface area contributed by atoms with Crippen molar-refractivity contribution < 1.29 is 14.3 Å². The van der Waals surface area contributed by atoms with E-state index < -0.39 is 6.04 Å². The number of rotatable bonds is 9. The Morgan fingerprint density at radius 2 is 1.71 bits per heavy atom. The lowest BCUT2D eigenvalue weighted by Gasteiger charge is -2.20. The molecule has 8 heteroatoms. The van der Waals surface area contributed by atoms with E-state index in [9.17, 15) is 9.59 Å². The van der Waals surface area contributed by atoms with Gasteiger partial charge in [0.15, 0.2) is 0 Å². The Morgan fingerprint density at radius 3 is 2.35 bits per heavy atom. The Morgan fingerprint density at radius 1 is 1.00 bits per heavy atom. The number of ether oxygens (including phenoxy) is 1. The van der Waals surface area contributed by atoms with Crippen molar-refractivity contribution in [3.05, 3.63) is 98.4 Å². The van der Waals surface area contributed by atoms with Gasteiger partial charge in [0.2, 0.25) is 0 Å². The number of halogens is 2. The van der Waals surface area contributed by atoms with Crippen molar-refractivity contribution >= 4 is 49.9 Å². The summed E-state index contributed by atoms with van der Waals surface area (Å²) in [4.78, 5) is 25.1. The number of benzene rings is 3. The first-order chi connectivity index (χ1) is 16.3. The monoisotopic (exact) mass is 585 g/mol. The molecule has 1 unspecified atom stereocenters. The van der Waals surface area contributed by atoms with Gasteiger partial charge in [-0.3, -0.25) is 9.59 Å². The average Bonchev–Trinajstić information content (AvgIpc) is 2.83. The molecular weight excluding hydrogens is 562 g/mol. The maximum absolute atomic E-state index is 12.6. The van der Waals surface area contributed by atoms with E-state index in [1.54, 1.807) is 24.3 Å². The maximum atomic E-state index is 12.6. The number of nitrogens with one attached hydrogen (secondary N) is 2. The highest BCUT2D eigenvalue weighted by Gasteiger charge is 2.24. The Hall–Kier alpha value is -2.97. The fraction of sp³-hybridized carbons (Fsp3) is 0.192. The fourth-order valence-electron chi connectivity index (χ4n) is 3.05. The van der Waals surface area contributed by atoms with Crippen molar-refractivity contribution in [2.75, 3.05) is 0 Å². The molecule has 0 bridgehead atoms. The summed E-state index contributed by atoms with van der Waals surface area (Å²) in [7, 11) is 0. The molecular formula is C26H25Br2N3O3. The van der Waals surface area contributed by atoms with E-state index in [4.69, 9.17) is 4.74 Å². The molecule has 0 heterocycles. The van der Waals surface area contributed by atoms with E-state index in [2.05, 4.69) is 47.7 Å². The first-order valence-corrected chi connectivity index (χ1v) is 12.3. The van der Waals surface area contributed by atoms with Gasteiger partial charge >= 0.3 is 0 Å². The Kier molecular flexibility index (Phi) is 9.42. The van der Waals surface area contributed by atoms with Gasteiger partial charge in [0.05, 0.1) is 10.7 Å². The average molecular weight is 587 g/mol. The zero-order chi connectivity index (χ0) is 24.5. The van der Waals surface area contributed by atoms with Gasteiger partial charge in [-0.25, -0.2) is 5.43 Å². The molecule has 0 aliphatic rings. The summed E-state index contributed by atoms with van der Waals surface area (Å²) in [6, 6.07) is 21.5. The normalized spacial score (nSPS) is 11.9. The number of nitrogens with zero attached hydrogens (tertiary/aromatic N) is 1. The molecule has 3 aromatic carbocycles. The molecule has 176 valence electrons. The molecule has 3 rings (SSSR count). The molecule has 3 aromatic rings. The van der Waals surface area contributed by atoms with Crippen LogP contribution in [0.3, 0.4) is 0 Å². The van der Waals surface area contributed by atoms with Gasteiger partial charge in [0.1, 0.15) is 18.4 Å². The summed E-state index contributed by atoms with van der Waals surface area (Å²) < 4.78 is 7.67. The highest BCUT2D eigenvalue weighted by molar-refractivity contribution is 9.10. The third-order valence-electron chi connectivity index (χ3n) is 4.92. The third-order valence-corrected chi connectivity index (χ3v) is 6.07. The topological polar surface area (TPSA) is 79.8 Å². The zero-order valence-electron chi connectivity index (χ0n) is 18.8. The van der Waals surface area contributed by atoms with E-state index in [1.165, 1.54) is 6.21 Å². The van der Waals surface area contributed by atoms with Gasteiger partial charge in [-0.1, -0.05) is 60.1 Å². The van der Waals surface area contributed by atoms with Crippen molar-refractivity contribution in [1.82, 2.24) is 10.7 Å². The minimum atomic E-state index is -0.717. The van der Waals surface area contributed by atoms with Crippen LogP contribution in [0, 0.1) is 5.92 Å². The van der Waals surface area contributed by atoms with E-state index in [0.29, 0.717) is 17.9 Å². The standard InChI is InChI=1S/C26H25Br2N3O3/c1-17(2)24(30-25(32)20-6-4-3-5-7-20)26(33)31-29-15-19-10-13-23(22(28)14-19)34-16-18-8-11-21(27)12-9-18/h3-15,17,24H,16H2,1-2H3,(H,30,32)(H,31,33)/b29-15+. The van der Waals surface area contributed by atoms with Crippen molar-refractivity contribution in [2.45, 2.75) is 26.5 Å². The molecule has 1 atom stereocenters. The van der Waals surface area contributed by atoms with Crippen LogP contribution in [-0.2, 0) is 11.4 Å². The molecule has 0 saturated carbocycles. The summed E-state index contributed by atoms with van der Waals surface area (Å²) in [6.45, 7) is 4.17. The smallest absolute Gasteiger partial charge is 0.262 e. The van der Waals surface area contributed by atoms with Crippen LogP contribution in [0.5, 0.6) is 5.75 Å². The van der Waals surface area contributed by atoms with Crippen molar-refractivity contribution in [1.29, 1.82) is 0 Å². The summed E-state index contributed by atoms with van der Waals surface area (Å²) >= 11 is 6.94. The van der Waals surface area contributed by atoms with Crippen LogP contribution in [0.15, 0.2) is 86.8 Å². The van der Waals surface area contributed by atoms with Gasteiger partial charge in [0, 0.05) is 10.0 Å². The van der Waals surface area contributed by atoms with Crippen LogP contribution >= 0.6 is 31.9 Å². The van der Waals surface area contributed by atoms with Crippen LogP contribution in [0.2, 0.25) is 0 Å². The Labute approximate surface area is 216 Å². The van der Waals surface area contributed by atoms with Crippen LogP contribution in [0.4, 0.5) is 0 Å². The molecule has 0 spiro atoms. The van der Waals surface area contributed by atoms with E-state index >= 15 is 0 Å². The summed E-state index contributed by atoms with van der Waals surface area (Å²) in [5, 5.41) is 6.83. The quantitative estimate of drug-likeness (QED) is 0.249. The highest BCUT2D eigenvalue weighted by atomic mass is 79.9. The van der Waals surface area contributed by atoms with Crippen LogP contribution in [-0.4, -0.2) is 24.1 Å². The van der Waals surface area contributed by atoms with Gasteiger partial charge in [-0.15, -0.1) is 0 Å². The summed E-state index contributed by atoms with van der Waals surface area (Å²) in [5.74, 6) is -0.100. The summed E-state index contributed by atoms with van der Waals surface area (Å²) in [6.07, 6.45) is 1.54.